The summed E-state index contributed by atoms with van der Waals surface area (Å²) in [6.45, 7) is 7.20. The largest absolute Gasteiger partial charge is 0.395 e. The third-order valence-corrected chi connectivity index (χ3v) is 2.89. The molecule has 15 heavy (non-hydrogen) atoms. The molecule has 1 rings (SSSR count). The zero-order chi connectivity index (χ0) is 11.4. The van der Waals surface area contributed by atoms with E-state index in [1.54, 1.807) is 0 Å². The number of hydrogen-bond acceptors (Lipinski definition) is 3. The number of hydrogen-bond donors (Lipinski definition) is 2. The Kier molecular flexibility index (Phi) is 4.29. The lowest BCUT2D eigenvalue weighted by Gasteiger charge is -2.19. The summed E-state index contributed by atoms with van der Waals surface area (Å²) >= 11 is 0. The number of aryl methyl sites for hydroxylation is 1. The molecule has 0 saturated heterocycles. The zero-order valence-electron chi connectivity index (χ0n) is 9.99. The minimum Gasteiger partial charge on any atom is -0.395 e. The van der Waals surface area contributed by atoms with Gasteiger partial charge >= 0.3 is 0 Å². The van der Waals surface area contributed by atoms with E-state index in [1.165, 1.54) is 11.3 Å². The van der Waals surface area contributed by atoms with Crippen molar-refractivity contribution in [2.75, 3.05) is 6.61 Å². The number of aliphatic hydroxyl groups is 1. The fourth-order valence-electron chi connectivity index (χ4n) is 1.47. The lowest BCUT2D eigenvalue weighted by Crippen LogP contribution is -2.36. The SMILES string of the molecule is Cc1c(CNC(CO)C(C)C)cnn1C. The van der Waals surface area contributed by atoms with E-state index in [1.807, 2.05) is 24.9 Å². The second-order valence-corrected chi connectivity index (χ2v) is 4.29. The van der Waals surface area contributed by atoms with Crippen LogP contribution in [0.15, 0.2) is 6.20 Å². The Hall–Kier alpha value is -0.870. The van der Waals surface area contributed by atoms with Gasteiger partial charge in [0.25, 0.3) is 0 Å². The van der Waals surface area contributed by atoms with Crippen LogP contribution in [-0.2, 0) is 13.6 Å². The lowest BCUT2D eigenvalue weighted by atomic mass is 10.1. The zero-order valence-corrected chi connectivity index (χ0v) is 9.99. The van der Waals surface area contributed by atoms with Crippen molar-refractivity contribution in [3.05, 3.63) is 17.5 Å². The second kappa shape index (κ2) is 5.28. The first kappa shape index (κ1) is 12.2. The highest BCUT2D eigenvalue weighted by Gasteiger charge is 2.12. The molecule has 0 aromatic carbocycles. The summed E-state index contributed by atoms with van der Waals surface area (Å²) in [6, 6.07) is 0.157. The Morgan fingerprint density at radius 2 is 2.20 bits per heavy atom. The molecule has 0 aliphatic rings. The smallest absolute Gasteiger partial charge is 0.0587 e. The molecule has 0 spiro atoms. The van der Waals surface area contributed by atoms with Crippen molar-refractivity contribution in [2.24, 2.45) is 13.0 Å². The molecular formula is C11H21N3O. The predicted molar refractivity (Wildman–Crippen MR) is 60.5 cm³/mol. The third-order valence-electron chi connectivity index (χ3n) is 2.89. The van der Waals surface area contributed by atoms with Crippen molar-refractivity contribution in [3.63, 3.8) is 0 Å². The molecule has 0 fully saturated rings. The van der Waals surface area contributed by atoms with Gasteiger partial charge in [0.15, 0.2) is 0 Å². The molecule has 86 valence electrons. The first-order valence-electron chi connectivity index (χ1n) is 5.38. The lowest BCUT2D eigenvalue weighted by molar-refractivity contribution is 0.210. The van der Waals surface area contributed by atoms with Gasteiger partial charge in [-0.1, -0.05) is 13.8 Å². The molecule has 0 bridgehead atoms. The Morgan fingerprint density at radius 1 is 1.53 bits per heavy atom. The summed E-state index contributed by atoms with van der Waals surface area (Å²) in [7, 11) is 1.94. The molecule has 1 unspecified atom stereocenters. The highest BCUT2D eigenvalue weighted by molar-refractivity contribution is 5.15. The summed E-state index contributed by atoms with van der Waals surface area (Å²) in [6.07, 6.45) is 1.87. The van der Waals surface area contributed by atoms with Crippen LogP contribution in [0.5, 0.6) is 0 Å². The maximum Gasteiger partial charge on any atom is 0.0587 e. The Morgan fingerprint density at radius 3 is 2.60 bits per heavy atom. The van der Waals surface area contributed by atoms with Gasteiger partial charge in [-0.2, -0.15) is 5.10 Å². The molecule has 1 atom stereocenters. The monoisotopic (exact) mass is 211 g/mol. The van der Waals surface area contributed by atoms with Crippen LogP contribution in [0, 0.1) is 12.8 Å². The minimum absolute atomic E-state index is 0.157. The van der Waals surface area contributed by atoms with Crippen LogP contribution in [0.1, 0.15) is 25.1 Å². The van der Waals surface area contributed by atoms with Gasteiger partial charge in [0, 0.05) is 30.9 Å². The number of rotatable bonds is 5. The van der Waals surface area contributed by atoms with Gasteiger partial charge in [0.1, 0.15) is 0 Å². The van der Waals surface area contributed by atoms with Crippen molar-refractivity contribution in [2.45, 2.75) is 33.4 Å². The number of aromatic nitrogens is 2. The average Bonchev–Trinajstić information content (AvgIpc) is 2.49. The molecule has 4 heteroatoms. The van der Waals surface area contributed by atoms with E-state index < -0.39 is 0 Å². The Labute approximate surface area is 91.3 Å². The number of nitrogens with one attached hydrogen (secondary N) is 1. The van der Waals surface area contributed by atoms with E-state index >= 15 is 0 Å². The molecule has 2 N–H and O–H groups in total. The molecule has 0 aliphatic carbocycles. The second-order valence-electron chi connectivity index (χ2n) is 4.29. The summed E-state index contributed by atoms with van der Waals surface area (Å²) < 4.78 is 1.86. The molecule has 1 aromatic rings. The molecule has 4 nitrogen and oxygen atoms in total. The van der Waals surface area contributed by atoms with Gasteiger partial charge in [-0.3, -0.25) is 4.68 Å². The van der Waals surface area contributed by atoms with Gasteiger partial charge in [-0.15, -0.1) is 0 Å². The maximum absolute atomic E-state index is 9.17. The molecule has 1 aromatic heterocycles. The number of nitrogens with zero attached hydrogens (tertiary/aromatic N) is 2. The quantitative estimate of drug-likeness (QED) is 0.758. The van der Waals surface area contributed by atoms with E-state index in [2.05, 4.69) is 24.3 Å². The molecule has 1 heterocycles. The van der Waals surface area contributed by atoms with Crippen molar-refractivity contribution < 1.29 is 5.11 Å². The summed E-state index contributed by atoms with van der Waals surface area (Å²) in [4.78, 5) is 0. The van der Waals surface area contributed by atoms with Crippen LogP contribution in [0.25, 0.3) is 0 Å². The fraction of sp³-hybridized carbons (Fsp3) is 0.727. The van der Waals surface area contributed by atoms with Gasteiger partial charge in [-0.25, -0.2) is 0 Å². The maximum atomic E-state index is 9.17. The Balaban J connectivity index is 2.53. The van der Waals surface area contributed by atoms with Gasteiger partial charge in [0.05, 0.1) is 12.8 Å². The summed E-state index contributed by atoms with van der Waals surface area (Å²) in [5.74, 6) is 0.437. The van der Waals surface area contributed by atoms with Crippen molar-refractivity contribution in [1.29, 1.82) is 0 Å². The number of aliphatic hydroxyl groups excluding tert-OH is 1. The minimum atomic E-state index is 0.157. The van der Waals surface area contributed by atoms with E-state index in [0.717, 1.165) is 6.54 Å². The van der Waals surface area contributed by atoms with Crippen LogP contribution in [0.3, 0.4) is 0 Å². The normalized spacial score (nSPS) is 13.5. The standard InChI is InChI=1S/C11H21N3O/c1-8(2)11(7-15)12-5-10-6-13-14(4)9(10)3/h6,8,11-12,15H,5,7H2,1-4H3. The summed E-state index contributed by atoms with van der Waals surface area (Å²) in [5, 5.41) is 16.7. The van der Waals surface area contributed by atoms with E-state index in [-0.39, 0.29) is 12.6 Å². The van der Waals surface area contributed by atoms with E-state index in [4.69, 9.17) is 5.11 Å². The van der Waals surface area contributed by atoms with Gasteiger partial charge in [0.2, 0.25) is 0 Å². The van der Waals surface area contributed by atoms with Crippen LogP contribution in [0.4, 0.5) is 0 Å². The van der Waals surface area contributed by atoms with Crippen molar-refractivity contribution in [3.8, 4) is 0 Å². The molecule has 0 radical (unpaired) electrons. The molecule has 0 aliphatic heterocycles. The first-order valence-corrected chi connectivity index (χ1v) is 5.38. The predicted octanol–water partition coefficient (Wildman–Crippen LogP) is 0.835. The summed E-state index contributed by atoms with van der Waals surface area (Å²) in [5.41, 5.74) is 2.36. The van der Waals surface area contributed by atoms with Crippen molar-refractivity contribution >= 4 is 0 Å². The molecule has 0 amide bonds. The molecule has 0 saturated carbocycles. The highest BCUT2D eigenvalue weighted by atomic mass is 16.3. The molecular weight excluding hydrogens is 190 g/mol. The topological polar surface area (TPSA) is 50.1 Å². The van der Waals surface area contributed by atoms with Gasteiger partial charge in [-0.05, 0) is 12.8 Å². The Bertz CT molecular complexity index is 307. The van der Waals surface area contributed by atoms with Crippen LogP contribution < -0.4 is 5.32 Å². The first-order chi connectivity index (χ1) is 7.06. The van der Waals surface area contributed by atoms with E-state index in [9.17, 15) is 0 Å². The van der Waals surface area contributed by atoms with Gasteiger partial charge < -0.3 is 10.4 Å². The highest BCUT2D eigenvalue weighted by Crippen LogP contribution is 2.07. The van der Waals surface area contributed by atoms with Crippen LogP contribution in [0.2, 0.25) is 0 Å². The van der Waals surface area contributed by atoms with Crippen LogP contribution >= 0.6 is 0 Å². The van der Waals surface area contributed by atoms with Crippen LogP contribution in [-0.4, -0.2) is 27.5 Å². The van der Waals surface area contributed by atoms with Crippen molar-refractivity contribution in [1.82, 2.24) is 15.1 Å². The average molecular weight is 211 g/mol. The van der Waals surface area contributed by atoms with E-state index in [0.29, 0.717) is 5.92 Å². The fourth-order valence-corrected chi connectivity index (χ4v) is 1.47. The third kappa shape index (κ3) is 3.04.